The first kappa shape index (κ1) is 31.8. The van der Waals surface area contributed by atoms with Crippen LogP contribution in [0.2, 0.25) is 0 Å². The van der Waals surface area contributed by atoms with Crippen molar-refractivity contribution in [2.45, 2.75) is 52.6 Å². The molecule has 0 aromatic heterocycles. The number of fused-ring (bicyclic) bond motifs is 5. The molecule has 5 heterocycles. The van der Waals surface area contributed by atoms with E-state index in [1.54, 1.807) is 19.1 Å². The molecule has 0 aromatic carbocycles. The number of carbonyl (C=O) groups excluding carboxylic acids is 3. The van der Waals surface area contributed by atoms with Crippen LogP contribution >= 0.6 is 0 Å². The highest BCUT2D eigenvalue weighted by Crippen LogP contribution is 2.49. The molecule has 3 atom stereocenters. The normalized spacial score (nSPS) is 27.1. The number of carbonyl (C=O) groups is 3. The van der Waals surface area contributed by atoms with Crippen molar-refractivity contribution < 1.29 is 34.1 Å². The molecule has 6 aliphatic rings. The molecule has 0 radical (unpaired) electrons. The summed E-state index contributed by atoms with van der Waals surface area (Å²) in [5.41, 5.74) is 4.83. The van der Waals surface area contributed by atoms with Crippen LogP contribution in [0.4, 0.5) is 0 Å². The Balaban J connectivity index is 1.70. The average Bonchev–Trinajstić information content (AvgIpc) is 3.79. The summed E-state index contributed by atoms with van der Waals surface area (Å²) in [4.78, 5) is 54.4. The van der Waals surface area contributed by atoms with Crippen molar-refractivity contribution in [3.8, 4) is 0 Å². The number of hydrogen-bond donors (Lipinski definition) is 3. The van der Waals surface area contributed by atoms with E-state index in [9.17, 15) is 24.6 Å². The van der Waals surface area contributed by atoms with Crippen LogP contribution in [0.3, 0.4) is 0 Å². The highest BCUT2D eigenvalue weighted by atomic mass is 16.5. The van der Waals surface area contributed by atoms with Gasteiger partial charge in [-0.2, -0.15) is 0 Å². The van der Waals surface area contributed by atoms with Crippen molar-refractivity contribution in [3.63, 3.8) is 0 Å². The summed E-state index contributed by atoms with van der Waals surface area (Å²) in [7, 11) is 2.42. The van der Waals surface area contributed by atoms with Gasteiger partial charge >= 0.3 is 11.9 Å². The topological polar surface area (TPSA) is 159 Å². The predicted octanol–water partition coefficient (Wildman–Crippen LogP) is 4.49. The lowest BCUT2D eigenvalue weighted by Crippen LogP contribution is -2.47. The number of esters is 2. The van der Waals surface area contributed by atoms with E-state index < -0.39 is 29.2 Å². The van der Waals surface area contributed by atoms with E-state index in [0.29, 0.717) is 63.9 Å². The Kier molecular flexibility index (Phi) is 7.83. The zero-order valence-electron chi connectivity index (χ0n) is 27.1. The van der Waals surface area contributed by atoms with E-state index in [1.165, 1.54) is 7.11 Å². The molecule has 2 fully saturated rings. The second-order valence-corrected chi connectivity index (χ2v) is 12.1. The average molecular weight is 637 g/mol. The SMILES string of the molecule is C=CC1=C(C)C2=NC1=CC1=NC(=C(CC)/C1=C/O)C=C1N=C3C(=C1C)C(=O)[C@](O)(C(=O)OC)C3=C1NC(=C2)[C@@H](C)[C@@H]1CCC(=O)OC. The maximum absolute atomic E-state index is 14.1. The van der Waals surface area contributed by atoms with Crippen molar-refractivity contribution in [2.24, 2.45) is 26.8 Å². The minimum Gasteiger partial charge on any atom is -0.515 e. The van der Waals surface area contributed by atoms with Gasteiger partial charge < -0.3 is 25.0 Å². The minimum absolute atomic E-state index is 0.00597. The number of hydrogen-bond acceptors (Lipinski definition) is 11. The standard InChI is InChI=1S/C36H36N4O7/c1-8-19-16(3)23-12-24-17(4)21(10-11-29(42)46-6)32(39-24)31-33-30(34(43)36(31,45)35(44)47-7)18(5)25(40-33)13-27-20(9-2)22(15-41)28(38-27)14-26(19)37-23/h8,12-15,17,21,39,41,45H,1,9-11H2,2-7H3/b22-15-,24-12?,25-13?,26-14?,32-31?/t17-,21-,36-/m0/s1. The van der Waals surface area contributed by atoms with Crippen LogP contribution in [0.1, 0.15) is 47.0 Å². The van der Waals surface area contributed by atoms with E-state index in [4.69, 9.17) is 24.5 Å². The Bertz CT molecular complexity index is 1940. The van der Waals surface area contributed by atoms with Crippen molar-refractivity contribution >= 4 is 34.9 Å². The van der Waals surface area contributed by atoms with Crippen LogP contribution in [-0.4, -0.2) is 64.9 Å². The third-order valence-corrected chi connectivity index (χ3v) is 9.75. The number of aliphatic hydroxyl groups excluding tert-OH is 1. The van der Waals surface area contributed by atoms with Gasteiger partial charge in [0.05, 0.1) is 60.3 Å². The third-order valence-electron chi connectivity index (χ3n) is 9.75. The lowest BCUT2D eigenvalue weighted by atomic mass is 9.83. The number of methoxy groups -OCH3 is 2. The molecule has 6 rings (SSSR count). The molecule has 0 spiro atoms. The highest BCUT2D eigenvalue weighted by Gasteiger charge is 2.62. The second kappa shape index (κ2) is 11.6. The van der Waals surface area contributed by atoms with Gasteiger partial charge in [0.25, 0.3) is 5.60 Å². The van der Waals surface area contributed by atoms with Gasteiger partial charge in [-0.1, -0.05) is 26.5 Å². The second-order valence-electron chi connectivity index (χ2n) is 12.1. The third kappa shape index (κ3) is 4.59. The van der Waals surface area contributed by atoms with Crippen molar-refractivity contribution in [3.05, 3.63) is 105 Å². The van der Waals surface area contributed by atoms with E-state index in [0.717, 1.165) is 30.1 Å². The van der Waals surface area contributed by atoms with E-state index in [1.807, 2.05) is 32.9 Å². The van der Waals surface area contributed by atoms with Gasteiger partial charge in [0, 0.05) is 46.4 Å². The lowest BCUT2D eigenvalue weighted by Gasteiger charge is -2.24. The summed E-state index contributed by atoms with van der Waals surface area (Å²) < 4.78 is 9.93. The molecule has 5 aliphatic heterocycles. The number of aliphatic hydroxyl groups is 2. The summed E-state index contributed by atoms with van der Waals surface area (Å²) in [6.07, 6.45) is 9.08. The number of Topliss-reactive ketones (excluding diaryl/α,β-unsaturated/α-hetero) is 1. The van der Waals surface area contributed by atoms with Gasteiger partial charge in [-0.15, -0.1) is 0 Å². The predicted molar refractivity (Wildman–Crippen MR) is 176 cm³/mol. The molecule has 0 aromatic rings. The molecule has 242 valence electrons. The Labute approximate surface area is 272 Å². The van der Waals surface area contributed by atoms with Gasteiger partial charge in [0.2, 0.25) is 5.78 Å². The molecule has 1 saturated carbocycles. The summed E-state index contributed by atoms with van der Waals surface area (Å²) in [6.45, 7) is 11.6. The molecule has 1 aliphatic carbocycles. The molecule has 0 amide bonds. The van der Waals surface area contributed by atoms with Crippen LogP contribution in [0.25, 0.3) is 0 Å². The summed E-state index contributed by atoms with van der Waals surface area (Å²) in [5, 5.41) is 25.8. The van der Waals surface area contributed by atoms with Crippen molar-refractivity contribution in [2.75, 3.05) is 14.2 Å². The number of ketones is 1. The monoisotopic (exact) mass is 636 g/mol. The van der Waals surface area contributed by atoms with Gasteiger partial charge in [-0.25, -0.2) is 19.8 Å². The number of allylic oxidation sites excluding steroid dienone is 10. The zero-order chi connectivity index (χ0) is 33.9. The Hall–Kier alpha value is -5.16. The van der Waals surface area contributed by atoms with Crippen LogP contribution in [-0.2, 0) is 23.9 Å². The molecule has 3 N–H and O–H groups in total. The molecule has 47 heavy (non-hydrogen) atoms. The molecule has 11 heteroatoms. The number of aliphatic imine (C=N–C) groups is 3. The highest BCUT2D eigenvalue weighted by molar-refractivity contribution is 6.46. The smallest absolute Gasteiger partial charge is 0.351 e. The lowest BCUT2D eigenvalue weighted by molar-refractivity contribution is -0.161. The fraction of sp³-hybridized carbons (Fsp3) is 0.333. The maximum Gasteiger partial charge on any atom is 0.351 e. The van der Waals surface area contributed by atoms with Crippen LogP contribution < -0.4 is 5.32 Å². The Morgan fingerprint density at radius 2 is 1.81 bits per heavy atom. The summed E-state index contributed by atoms with van der Waals surface area (Å²) in [6, 6.07) is 0. The molecule has 1 saturated heterocycles. The largest absolute Gasteiger partial charge is 0.515 e. The first-order valence-electron chi connectivity index (χ1n) is 15.4. The summed E-state index contributed by atoms with van der Waals surface area (Å²) >= 11 is 0. The Morgan fingerprint density at radius 1 is 1.06 bits per heavy atom. The first-order valence-corrected chi connectivity index (χ1v) is 15.4. The number of nitrogens with one attached hydrogen (secondary N) is 1. The van der Waals surface area contributed by atoms with E-state index >= 15 is 0 Å². The van der Waals surface area contributed by atoms with Gasteiger partial charge in [-0.05, 0) is 61.6 Å². The van der Waals surface area contributed by atoms with Gasteiger partial charge in [-0.3, -0.25) is 9.59 Å². The fourth-order valence-corrected chi connectivity index (χ4v) is 7.12. The van der Waals surface area contributed by atoms with Gasteiger partial charge in [0.1, 0.15) is 0 Å². The Morgan fingerprint density at radius 3 is 2.45 bits per heavy atom. The number of nitrogens with zero attached hydrogens (tertiary/aromatic N) is 3. The fourth-order valence-electron chi connectivity index (χ4n) is 7.12. The molecular formula is C36H36N4O7. The van der Waals surface area contributed by atoms with E-state index in [2.05, 4.69) is 11.9 Å². The molecular weight excluding hydrogens is 600 g/mol. The van der Waals surface area contributed by atoms with Crippen LogP contribution in [0.15, 0.2) is 120 Å². The summed E-state index contributed by atoms with van der Waals surface area (Å²) in [5.74, 6) is -3.11. The van der Waals surface area contributed by atoms with Crippen molar-refractivity contribution in [1.29, 1.82) is 0 Å². The van der Waals surface area contributed by atoms with Crippen LogP contribution in [0, 0.1) is 11.8 Å². The van der Waals surface area contributed by atoms with Gasteiger partial charge in [0.15, 0.2) is 0 Å². The molecule has 8 bridgehead atoms. The number of rotatable bonds is 6. The first-order chi connectivity index (χ1) is 22.4. The van der Waals surface area contributed by atoms with Crippen molar-refractivity contribution in [1.82, 2.24) is 5.32 Å². The minimum atomic E-state index is -2.67. The molecule has 11 nitrogen and oxygen atoms in total. The van der Waals surface area contributed by atoms with Crippen LogP contribution in [0.5, 0.6) is 0 Å². The number of ether oxygens (including phenoxy) is 2. The quantitative estimate of drug-likeness (QED) is 0.219. The molecule has 0 unspecified atom stereocenters. The zero-order valence-corrected chi connectivity index (χ0v) is 27.1. The maximum atomic E-state index is 14.1. The van der Waals surface area contributed by atoms with E-state index in [-0.39, 0.29) is 29.2 Å².